The van der Waals surface area contributed by atoms with Crippen molar-refractivity contribution in [2.45, 2.75) is 13.3 Å². The van der Waals surface area contributed by atoms with Gasteiger partial charge >= 0.3 is 5.97 Å². The number of hydrogen-bond donors (Lipinski definition) is 0. The van der Waals surface area contributed by atoms with Crippen molar-refractivity contribution in [2.24, 2.45) is 10.2 Å². The number of benzene rings is 1. The Morgan fingerprint density at radius 1 is 1.28 bits per heavy atom. The lowest BCUT2D eigenvalue weighted by Gasteiger charge is -2.00. The Labute approximate surface area is 144 Å². The van der Waals surface area contributed by atoms with E-state index in [9.17, 15) is 4.79 Å². The summed E-state index contributed by atoms with van der Waals surface area (Å²) in [6.07, 6.45) is 1.80. The van der Waals surface area contributed by atoms with E-state index in [1.165, 1.54) is 7.11 Å². The van der Waals surface area contributed by atoms with Gasteiger partial charge in [-0.05, 0) is 30.7 Å². The molecule has 7 nitrogen and oxygen atoms in total. The number of aryl methyl sites for hydroxylation is 1. The fourth-order valence-electron chi connectivity index (χ4n) is 2.43. The third kappa shape index (κ3) is 3.23. The topological polar surface area (TPSA) is 92.1 Å². The molecule has 0 atom stereocenters. The summed E-state index contributed by atoms with van der Waals surface area (Å²) in [4.78, 5) is 16.2. The van der Waals surface area contributed by atoms with E-state index < -0.39 is 5.97 Å². The molecule has 0 fully saturated rings. The predicted octanol–water partition coefficient (Wildman–Crippen LogP) is 3.65. The standard InChI is InChI=1S/C18H15N5O2/c1-12-6-5-9-23-17(12)20-15(10-16(24)25-2)18(23)22-21-14-8-4-3-7-13(14)11-19/h3-9H,10H2,1-2H3. The highest BCUT2D eigenvalue weighted by Crippen LogP contribution is 2.27. The molecule has 0 spiro atoms. The molecule has 124 valence electrons. The van der Waals surface area contributed by atoms with Crippen LogP contribution in [0.4, 0.5) is 11.5 Å². The van der Waals surface area contributed by atoms with Crippen molar-refractivity contribution in [3.8, 4) is 6.07 Å². The van der Waals surface area contributed by atoms with Gasteiger partial charge in [0.1, 0.15) is 17.4 Å². The number of hydrogen-bond acceptors (Lipinski definition) is 6. The summed E-state index contributed by atoms with van der Waals surface area (Å²) in [6, 6.07) is 12.8. The number of ether oxygens (including phenoxy) is 1. The molecule has 0 amide bonds. The fourth-order valence-corrected chi connectivity index (χ4v) is 2.43. The Kier molecular flexibility index (Phi) is 4.53. The van der Waals surface area contributed by atoms with Gasteiger partial charge < -0.3 is 4.74 Å². The number of nitrogens with zero attached hydrogens (tertiary/aromatic N) is 5. The third-order valence-electron chi connectivity index (χ3n) is 3.71. The first-order chi connectivity index (χ1) is 12.1. The van der Waals surface area contributed by atoms with Crippen molar-refractivity contribution < 1.29 is 9.53 Å². The summed E-state index contributed by atoms with van der Waals surface area (Å²) in [5.74, 6) is 0.0341. The van der Waals surface area contributed by atoms with Crippen LogP contribution in [-0.4, -0.2) is 22.5 Å². The number of nitriles is 1. The quantitative estimate of drug-likeness (QED) is 0.538. The zero-order chi connectivity index (χ0) is 17.8. The van der Waals surface area contributed by atoms with Crippen molar-refractivity contribution in [2.75, 3.05) is 7.11 Å². The summed E-state index contributed by atoms with van der Waals surface area (Å²) < 4.78 is 6.50. The molecule has 0 N–H and O–H groups in total. The molecule has 2 heterocycles. The number of carbonyl (C=O) groups excluding carboxylic acids is 1. The fraction of sp³-hybridized carbons (Fsp3) is 0.167. The van der Waals surface area contributed by atoms with E-state index in [1.54, 1.807) is 34.9 Å². The third-order valence-corrected chi connectivity index (χ3v) is 3.71. The minimum Gasteiger partial charge on any atom is -0.469 e. The maximum absolute atomic E-state index is 11.7. The van der Waals surface area contributed by atoms with Crippen LogP contribution >= 0.6 is 0 Å². The lowest BCUT2D eigenvalue weighted by atomic mass is 10.2. The van der Waals surface area contributed by atoms with Gasteiger partial charge in [0.2, 0.25) is 0 Å². The second-order valence-electron chi connectivity index (χ2n) is 5.35. The molecule has 0 aliphatic rings. The smallest absolute Gasteiger partial charge is 0.311 e. The molecule has 0 bridgehead atoms. The minimum absolute atomic E-state index is 0.00807. The van der Waals surface area contributed by atoms with Crippen LogP contribution in [0.2, 0.25) is 0 Å². The highest BCUT2D eigenvalue weighted by Gasteiger charge is 2.17. The lowest BCUT2D eigenvalue weighted by molar-refractivity contribution is -0.139. The molecule has 0 aliphatic carbocycles. The van der Waals surface area contributed by atoms with Gasteiger partial charge in [-0.3, -0.25) is 9.20 Å². The maximum Gasteiger partial charge on any atom is 0.311 e. The van der Waals surface area contributed by atoms with E-state index in [1.807, 2.05) is 19.1 Å². The summed E-state index contributed by atoms with van der Waals surface area (Å²) in [5, 5.41) is 17.6. The van der Waals surface area contributed by atoms with Gasteiger partial charge in [-0.1, -0.05) is 18.2 Å². The molecule has 0 radical (unpaired) electrons. The first-order valence-corrected chi connectivity index (χ1v) is 7.58. The van der Waals surface area contributed by atoms with E-state index >= 15 is 0 Å². The Morgan fingerprint density at radius 3 is 2.84 bits per heavy atom. The molecule has 3 aromatic rings. The van der Waals surface area contributed by atoms with Crippen molar-refractivity contribution >= 4 is 23.1 Å². The van der Waals surface area contributed by atoms with Crippen molar-refractivity contribution in [3.63, 3.8) is 0 Å². The lowest BCUT2D eigenvalue weighted by Crippen LogP contribution is -2.04. The van der Waals surface area contributed by atoms with Crippen LogP contribution in [-0.2, 0) is 16.0 Å². The average Bonchev–Trinajstić information content (AvgIpc) is 2.98. The molecule has 2 aromatic heterocycles. The highest BCUT2D eigenvalue weighted by atomic mass is 16.5. The molecule has 7 heteroatoms. The number of carbonyl (C=O) groups is 1. The Bertz CT molecular complexity index is 1010. The molecule has 0 aliphatic heterocycles. The second-order valence-corrected chi connectivity index (χ2v) is 5.35. The summed E-state index contributed by atoms with van der Waals surface area (Å²) in [6.45, 7) is 1.93. The minimum atomic E-state index is -0.407. The van der Waals surface area contributed by atoms with Crippen LogP contribution in [0.1, 0.15) is 16.8 Å². The van der Waals surface area contributed by atoms with Gasteiger partial charge in [-0.2, -0.15) is 5.26 Å². The normalized spacial score (nSPS) is 10.9. The van der Waals surface area contributed by atoms with E-state index in [-0.39, 0.29) is 6.42 Å². The maximum atomic E-state index is 11.7. The van der Waals surface area contributed by atoms with Gasteiger partial charge in [0.25, 0.3) is 0 Å². The predicted molar refractivity (Wildman–Crippen MR) is 91.0 cm³/mol. The van der Waals surface area contributed by atoms with Gasteiger partial charge in [-0.15, -0.1) is 10.2 Å². The molecule has 25 heavy (non-hydrogen) atoms. The van der Waals surface area contributed by atoms with E-state index in [4.69, 9.17) is 10.00 Å². The Morgan fingerprint density at radius 2 is 2.08 bits per heavy atom. The first-order valence-electron chi connectivity index (χ1n) is 7.58. The van der Waals surface area contributed by atoms with Gasteiger partial charge in [-0.25, -0.2) is 4.98 Å². The van der Waals surface area contributed by atoms with E-state index in [0.29, 0.717) is 28.4 Å². The molecule has 1 aromatic carbocycles. The first kappa shape index (κ1) is 16.3. The summed E-state index contributed by atoms with van der Waals surface area (Å²) in [5.41, 5.74) is 3.00. The van der Waals surface area contributed by atoms with E-state index in [2.05, 4.69) is 21.3 Å². The van der Waals surface area contributed by atoms with Gasteiger partial charge in [0.15, 0.2) is 5.82 Å². The number of fused-ring (bicyclic) bond motifs is 1. The van der Waals surface area contributed by atoms with Crippen LogP contribution in [0.25, 0.3) is 5.65 Å². The van der Waals surface area contributed by atoms with Crippen LogP contribution in [0, 0.1) is 18.3 Å². The largest absolute Gasteiger partial charge is 0.469 e. The molecule has 0 saturated carbocycles. The molecule has 0 saturated heterocycles. The zero-order valence-corrected chi connectivity index (χ0v) is 13.8. The van der Waals surface area contributed by atoms with Gasteiger partial charge in [0, 0.05) is 6.20 Å². The molecular formula is C18H15N5O2. The van der Waals surface area contributed by atoms with Crippen molar-refractivity contribution in [1.82, 2.24) is 9.38 Å². The molecule has 3 rings (SSSR count). The van der Waals surface area contributed by atoms with Crippen molar-refractivity contribution in [1.29, 1.82) is 5.26 Å². The zero-order valence-electron chi connectivity index (χ0n) is 13.8. The van der Waals surface area contributed by atoms with Crippen LogP contribution < -0.4 is 0 Å². The number of esters is 1. The summed E-state index contributed by atoms with van der Waals surface area (Å²) in [7, 11) is 1.33. The Balaban J connectivity index is 2.12. The highest BCUT2D eigenvalue weighted by molar-refractivity contribution is 5.74. The van der Waals surface area contributed by atoms with Crippen LogP contribution in [0.5, 0.6) is 0 Å². The molecule has 0 unspecified atom stereocenters. The number of aromatic nitrogens is 2. The number of methoxy groups -OCH3 is 1. The van der Waals surface area contributed by atoms with Crippen molar-refractivity contribution in [3.05, 3.63) is 59.4 Å². The van der Waals surface area contributed by atoms with Crippen LogP contribution in [0.3, 0.4) is 0 Å². The Hall–Kier alpha value is -3.53. The number of imidazole rings is 1. The van der Waals surface area contributed by atoms with Gasteiger partial charge in [0.05, 0.1) is 24.8 Å². The average molecular weight is 333 g/mol. The summed E-state index contributed by atoms with van der Waals surface area (Å²) >= 11 is 0. The second kappa shape index (κ2) is 6.93. The number of rotatable bonds is 4. The SMILES string of the molecule is COC(=O)Cc1nc2c(C)cccn2c1N=Nc1ccccc1C#N. The van der Waals surface area contributed by atoms with E-state index in [0.717, 1.165) is 5.56 Å². The van der Waals surface area contributed by atoms with Crippen LogP contribution in [0.15, 0.2) is 52.8 Å². The molecular weight excluding hydrogens is 318 g/mol. The number of pyridine rings is 1. The monoisotopic (exact) mass is 333 g/mol. The number of azo groups is 1.